The van der Waals surface area contributed by atoms with Gasteiger partial charge in [0.05, 0.1) is 6.10 Å². The van der Waals surface area contributed by atoms with Crippen molar-refractivity contribution in [2.45, 2.75) is 119 Å². The predicted molar refractivity (Wildman–Crippen MR) is 116 cm³/mol. The first-order valence-corrected chi connectivity index (χ1v) is 11.1. The third kappa shape index (κ3) is 8.79. The molecule has 0 bridgehead atoms. The molecule has 25 heavy (non-hydrogen) atoms. The van der Waals surface area contributed by atoms with Crippen LogP contribution < -0.4 is 4.74 Å². The zero-order valence-corrected chi connectivity index (χ0v) is 18.7. The van der Waals surface area contributed by atoms with Gasteiger partial charge in [0, 0.05) is 0 Å². The molecule has 0 aromatic heterocycles. The van der Waals surface area contributed by atoms with Crippen molar-refractivity contribution in [3.8, 4) is 5.75 Å². The van der Waals surface area contributed by atoms with Crippen LogP contribution in [0.2, 0.25) is 0 Å². The summed E-state index contributed by atoms with van der Waals surface area (Å²) in [5, 5.41) is 0. The highest BCUT2D eigenvalue weighted by molar-refractivity contribution is 5.45. The van der Waals surface area contributed by atoms with Crippen LogP contribution in [-0.4, -0.2) is 6.10 Å². The molecule has 1 saturated carbocycles. The summed E-state index contributed by atoms with van der Waals surface area (Å²) in [6.07, 6.45) is 9.56. The fourth-order valence-corrected chi connectivity index (χ4v) is 3.30. The van der Waals surface area contributed by atoms with Crippen molar-refractivity contribution in [1.82, 2.24) is 0 Å². The minimum atomic E-state index is 0.478. The van der Waals surface area contributed by atoms with Crippen molar-refractivity contribution < 1.29 is 4.74 Å². The number of benzene rings is 1. The van der Waals surface area contributed by atoms with Gasteiger partial charge < -0.3 is 4.74 Å². The van der Waals surface area contributed by atoms with Crippen LogP contribution in [0.5, 0.6) is 5.75 Å². The van der Waals surface area contributed by atoms with Gasteiger partial charge in [0.1, 0.15) is 5.75 Å². The van der Waals surface area contributed by atoms with Gasteiger partial charge in [-0.05, 0) is 61.6 Å². The summed E-state index contributed by atoms with van der Waals surface area (Å²) in [6.45, 7) is 18.3. The lowest BCUT2D eigenvalue weighted by Gasteiger charge is -2.24. The lowest BCUT2D eigenvalue weighted by molar-refractivity contribution is 0.153. The maximum Gasteiger partial charge on any atom is 0.123 e. The van der Waals surface area contributed by atoms with Gasteiger partial charge in [-0.15, -0.1) is 0 Å². The van der Waals surface area contributed by atoms with Crippen molar-refractivity contribution in [3.63, 3.8) is 0 Å². The second-order valence-electron chi connectivity index (χ2n) is 5.64. The molecule has 1 aromatic rings. The zero-order valence-electron chi connectivity index (χ0n) is 18.7. The first kappa shape index (κ1) is 26.3. The quantitative estimate of drug-likeness (QED) is 0.519. The summed E-state index contributed by atoms with van der Waals surface area (Å²) < 4.78 is 6.25. The molecule has 2 aliphatic rings. The molecule has 0 spiro atoms. The standard InChI is InChI=1S/C16H22O.4C2H6/c1-12-10-11-15-14(12)8-5-9-16(15)17-13-6-3-2-4-7-13;4*1-2/h5,8-9,12-13H,2-4,6-7,10-11H2,1H3;4*1-2H3. The van der Waals surface area contributed by atoms with Gasteiger partial charge >= 0.3 is 0 Å². The van der Waals surface area contributed by atoms with Gasteiger partial charge in [0.2, 0.25) is 0 Å². The largest absolute Gasteiger partial charge is 0.490 e. The highest BCUT2D eigenvalue weighted by Gasteiger charge is 2.23. The summed E-state index contributed by atoms with van der Waals surface area (Å²) in [6, 6.07) is 6.62. The van der Waals surface area contributed by atoms with E-state index in [-0.39, 0.29) is 0 Å². The van der Waals surface area contributed by atoms with E-state index in [1.807, 2.05) is 55.4 Å². The highest BCUT2D eigenvalue weighted by Crippen LogP contribution is 2.38. The molecule has 0 radical (unpaired) electrons. The molecule has 0 aliphatic heterocycles. The number of hydrogen-bond acceptors (Lipinski definition) is 1. The molecule has 1 aromatic carbocycles. The molecule has 1 unspecified atom stereocenters. The van der Waals surface area contributed by atoms with Crippen LogP contribution in [0.3, 0.4) is 0 Å². The molecule has 148 valence electrons. The van der Waals surface area contributed by atoms with E-state index in [1.54, 1.807) is 0 Å². The van der Waals surface area contributed by atoms with E-state index in [0.717, 1.165) is 5.92 Å². The average molecular weight is 351 g/mol. The fraction of sp³-hybridized carbons (Fsp3) is 0.750. The maximum absolute atomic E-state index is 6.25. The van der Waals surface area contributed by atoms with E-state index in [0.29, 0.717) is 6.10 Å². The Labute approximate surface area is 159 Å². The molecule has 0 saturated heterocycles. The SMILES string of the molecule is CC.CC.CC.CC.CC1CCc2c(OC3CCCCC3)cccc21. The van der Waals surface area contributed by atoms with Gasteiger partial charge in [-0.1, -0.05) is 80.9 Å². The van der Waals surface area contributed by atoms with E-state index in [4.69, 9.17) is 4.74 Å². The van der Waals surface area contributed by atoms with Crippen molar-refractivity contribution in [2.75, 3.05) is 0 Å². The Bertz CT molecular complexity index is 391. The molecule has 1 heteroatoms. The van der Waals surface area contributed by atoms with Crippen LogP contribution >= 0.6 is 0 Å². The summed E-state index contributed by atoms with van der Waals surface area (Å²) in [5.41, 5.74) is 3.02. The molecule has 3 rings (SSSR count). The summed E-state index contributed by atoms with van der Waals surface area (Å²) in [5.74, 6) is 1.90. The second kappa shape index (κ2) is 17.8. The van der Waals surface area contributed by atoms with Gasteiger partial charge in [0.25, 0.3) is 0 Å². The number of ether oxygens (including phenoxy) is 1. The Hall–Kier alpha value is -0.980. The van der Waals surface area contributed by atoms with Crippen LogP contribution in [0.15, 0.2) is 18.2 Å². The number of rotatable bonds is 2. The minimum Gasteiger partial charge on any atom is -0.490 e. The molecule has 2 aliphatic carbocycles. The average Bonchev–Trinajstić information content (AvgIpc) is 3.11. The zero-order chi connectivity index (χ0) is 19.7. The Morgan fingerprint density at radius 3 is 1.88 bits per heavy atom. The molecule has 0 amide bonds. The Morgan fingerprint density at radius 1 is 0.760 bits per heavy atom. The predicted octanol–water partition coefficient (Wildman–Crippen LogP) is 8.55. The fourth-order valence-electron chi connectivity index (χ4n) is 3.30. The molecule has 1 nitrogen and oxygen atoms in total. The van der Waals surface area contributed by atoms with Crippen molar-refractivity contribution in [3.05, 3.63) is 29.3 Å². The topological polar surface area (TPSA) is 9.23 Å². The van der Waals surface area contributed by atoms with Crippen LogP contribution in [-0.2, 0) is 6.42 Å². The van der Waals surface area contributed by atoms with E-state index in [1.165, 1.54) is 61.8 Å². The van der Waals surface area contributed by atoms with Gasteiger partial charge in [-0.25, -0.2) is 0 Å². The van der Waals surface area contributed by atoms with E-state index < -0.39 is 0 Å². The highest BCUT2D eigenvalue weighted by atomic mass is 16.5. The molecule has 0 N–H and O–H groups in total. The first-order chi connectivity index (χ1) is 12.3. The maximum atomic E-state index is 6.25. The Kier molecular flexibility index (Phi) is 18.7. The molecular formula is C24H46O. The van der Waals surface area contributed by atoms with Crippen LogP contribution in [0, 0.1) is 0 Å². The van der Waals surface area contributed by atoms with E-state index in [2.05, 4.69) is 25.1 Å². The van der Waals surface area contributed by atoms with E-state index >= 15 is 0 Å². The van der Waals surface area contributed by atoms with Crippen molar-refractivity contribution >= 4 is 0 Å². The summed E-state index contributed by atoms with van der Waals surface area (Å²) in [4.78, 5) is 0. The molecule has 0 heterocycles. The lowest BCUT2D eigenvalue weighted by Crippen LogP contribution is -2.20. The summed E-state index contributed by atoms with van der Waals surface area (Å²) in [7, 11) is 0. The number of hydrogen-bond donors (Lipinski definition) is 0. The van der Waals surface area contributed by atoms with Crippen molar-refractivity contribution in [1.29, 1.82) is 0 Å². The van der Waals surface area contributed by atoms with Gasteiger partial charge in [0.15, 0.2) is 0 Å². The summed E-state index contributed by atoms with van der Waals surface area (Å²) >= 11 is 0. The monoisotopic (exact) mass is 350 g/mol. The van der Waals surface area contributed by atoms with Crippen molar-refractivity contribution in [2.24, 2.45) is 0 Å². The van der Waals surface area contributed by atoms with Gasteiger partial charge in [-0.3, -0.25) is 0 Å². The first-order valence-electron chi connectivity index (χ1n) is 11.1. The van der Waals surface area contributed by atoms with Gasteiger partial charge in [-0.2, -0.15) is 0 Å². The third-order valence-corrected chi connectivity index (χ3v) is 4.37. The number of fused-ring (bicyclic) bond motifs is 1. The Balaban J connectivity index is 0. The molecular weight excluding hydrogens is 304 g/mol. The van der Waals surface area contributed by atoms with Crippen LogP contribution in [0.25, 0.3) is 0 Å². The smallest absolute Gasteiger partial charge is 0.123 e. The van der Waals surface area contributed by atoms with Crippen LogP contribution in [0.4, 0.5) is 0 Å². The molecule has 1 atom stereocenters. The minimum absolute atomic E-state index is 0.478. The molecule has 1 fully saturated rings. The lowest BCUT2D eigenvalue weighted by atomic mass is 9.97. The Morgan fingerprint density at radius 2 is 1.32 bits per heavy atom. The second-order valence-corrected chi connectivity index (χ2v) is 5.64. The van der Waals surface area contributed by atoms with Crippen LogP contribution in [0.1, 0.15) is 118 Å². The third-order valence-electron chi connectivity index (χ3n) is 4.37. The normalized spacial score (nSPS) is 17.7. The van der Waals surface area contributed by atoms with E-state index in [9.17, 15) is 0 Å².